The van der Waals surface area contributed by atoms with Gasteiger partial charge in [-0.25, -0.2) is 4.98 Å². The van der Waals surface area contributed by atoms with Gasteiger partial charge in [0.1, 0.15) is 11.3 Å². The Hall–Kier alpha value is -1.03. The van der Waals surface area contributed by atoms with Crippen molar-refractivity contribution in [3.05, 3.63) is 11.5 Å². The van der Waals surface area contributed by atoms with Gasteiger partial charge in [0.05, 0.1) is 11.6 Å². The molecule has 2 rings (SSSR count). The van der Waals surface area contributed by atoms with Gasteiger partial charge in [-0.3, -0.25) is 4.68 Å². The number of halogens is 1. The lowest BCUT2D eigenvalue weighted by molar-refractivity contribution is 0.550. The Kier molecular flexibility index (Phi) is 6.09. The molecule has 118 valence electrons. The number of imidazole rings is 1. The molecule has 21 heavy (non-hydrogen) atoms. The minimum Gasteiger partial charge on any atom is -0.312 e. The van der Waals surface area contributed by atoms with Gasteiger partial charge in [-0.2, -0.15) is 5.10 Å². The first kappa shape index (κ1) is 16.3. The fourth-order valence-electron chi connectivity index (χ4n) is 2.91. The van der Waals surface area contributed by atoms with Crippen molar-refractivity contribution >= 4 is 22.8 Å². The number of rotatable bonds is 9. The van der Waals surface area contributed by atoms with E-state index in [0.29, 0.717) is 5.88 Å². The van der Waals surface area contributed by atoms with Crippen LogP contribution in [0.15, 0.2) is 0 Å². The Labute approximate surface area is 132 Å². The second-order valence-corrected chi connectivity index (χ2v) is 5.94. The first-order valence-electron chi connectivity index (χ1n) is 8.19. The van der Waals surface area contributed by atoms with E-state index in [1.54, 1.807) is 0 Å². The van der Waals surface area contributed by atoms with E-state index in [2.05, 4.69) is 23.5 Å². The van der Waals surface area contributed by atoms with Crippen LogP contribution in [-0.4, -0.2) is 19.3 Å². The van der Waals surface area contributed by atoms with Crippen molar-refractivity contribution < 1.29 is 0 Å². The molecule has 0 unspecified atom stereocenters. The second-order valence-electron chi connectivity index (χ2n) is 5.68. The number of nitrogens with zero attached hydrogens (tertiary/aromatic N) is 4. The maximum Gasteiger partial charge on any atom is 0.158 e. The van der Waals surface area contributed by atoms with Crippen molar-refractivity contribution in [3.8, 4) is 0 Å². The van der Waals surface area contributed by atoms with Crippen LogP contribution in [0.2, 0.25) is 0 Å². The van der Waals surface area contributed by atoms with E-state index in [1.807, 2.05) is 11.7 Å². The second kappa shape index (κ2) is 7.83. The summed E-state index contributed by atoms with van der Waals surface area (Å²) in [4.78, 5) is 4.70. The highest BCUT2D eigenvalue weighted by atomic mass is 35.5. The molecule has 0 atom stereocenters. The van der Waals surface area contributed by atoms with E-state index < -0.39 is 0 Å². The molecule has 2 heterocycles. The van der Waals surface area contributed by atoms with Crippen molar-refractivity contribution in [3.63, 3.8) is 0 Å². The third-order valence-corrected chi connectivity index (χ3v) is 4.30. The van der Waals surface area contributed by atoms with Crippen LogP contribution in [0.1, 0.15) is 63.9 Å². The lowest BCUT2D eigenvalue weighted by Gasteiger charge is -2.08. The van der Waals surface area contributed by atoms with Crippen LogP contribution in [0.5, 0.6) is 0 Å². The molecule has 2 aromatic heterocycles. The summed E-state index contributed by atoms with van der Waals surface area (Å²) in [5.41, 5.74) is 3.22. The Morgan fingerprint density at radius 1 is 1.05 bits per heavy atom. The highest BCUT2D eigenvalue weighted by Gasteiger charge is 2.17. The van der Waals surface area contributed by atoms with Crippen molar-refractivity contribution in [1.29, 1.82) is 0 Å². The molecular formula is C16H27ClN4. The predicted octanol–water partition coefficient (Wildman–Crippen LogP) is 4.43. The molecule has 2 aromatic rings. The number of hydrogen-bond donors (Lipinski definition) is 0. The largest absolute Gasteiger partial charge is 0.312 e. The Balaban J connectivity index is 2.09. The van der Waals surface area contributed by atoms with Crippen molar-refractivity contribution in [1.82, 2.24) is 19.3 Å². The lowest BCUT2D eigenvalue weighted by atomic mass is 10.1. The van der Waals surface area contributed by atoms with Gasteiger partial charge in [0.15, 0.2) is 5.65 Å². The average molecular weight is 311 g/mol. The van der Waals surface area contributed by atoms with E-state index >= 15 is 0 Å². The summed E-state index contributed by atoms with van der Waals surface area (Å²) < 4.78 is 4.21. The highest BCUT2D eigenvalue weighted by Crippen LogP contribution is 2.22. The zero-order chi connectivity index (χ0) is 15.2. The molecule has 0 aromatic carbocycles. The minimum atomic E-state index is 0.466. The molecule has 0 spiro atoms. The summed E-state index contributed by atoms with van der Waals surface area (Å²) in [6.07, 6.45) is 8.70. The van der Waals surface area contributed by atoms with Gasteiger partial charge >= 0.3 is 0 Å². The molecule has 0 fully saturated rings. The van der Waals surface area contributed by atoms with Crippen LogP contribution in [0.4, 0.5) is 0 Å². The van der Waals surface area contributed by atoms with E-state index in [1.165, 1.54) is 38.5 Å². The number of unbranched alkanes of at least 4 members (excludes halogenated alkanes) is 5. The van der Waals surface area contributed by atoms with Gasteiger partial charge < -0.3 is 4.57 Å². The summed E-state index contributed by atoms with van der Waals surface area (Å²) in [5.74, 6) is 1.44. The summed E-state index contributed by atoms with van der Waals surface area (Å²) in [7, 11) is 2.00. The summed E-state index contributed by atoms with van der Waals surface area (Å²) >= 11 is 6.08. The first-order valence-corrected chi connectivity index (χ1v) is 8.73. The molecular weight excluding hydrogens is 284 g/mol. The van der Waals surface area contributed by atoms with E-state index in [9.17, 15) is 0 Å². The highest BCUT2D eigenvalue weighted by molar-refractivity contribution is 6.16. The SMILES string of the molecule is CCCCCCCCn1c(CCl)nc2c(CC)nn(C)c21. The van der Waals surface area contributed by atoms with Crippen LogP contribution in [-0.2, 0) is 25.9 Å². The third kappa shape index (κ3) is 3.60. The maximum absolute atomic E-state index is 6.08. The normalized spacial score (nSPS) is 11.6. The Bertz CT molecular complexity index is 570. The van der Waals surface area contributed by atoms with Crippen LogP contribution in [0.3, 0.4) is 0 Å². The number of fused-ring (bicyclic) bond motifs is 1. The summed E-state index contributed by atoms with van der Waals surface area (Å²) in [6, 6.07) is 0. The van der Waals surface area contributed by atoms with Crippen LogP contribution in [0.25, 0.3) is 11.2 Å². The predicted molar refractivity (Wildman–Crippen MR) is 88.8 cm³/mol. The number of aryl methyl sites for hydroxylation is 3. The van der Waals surface area contributed by atoms with Crippen molar-refractivity contribution in [2.24, 2.45) is 7.05 Å². The number of alkyl halides is 1. The quantitative estimate of drug-likeness (QED) is 0.507. The molecule has 0 saturated heterocycles. The summed E-state index contributed by atoms with van der Waals surface area (Å²) in [5, 5.41) is 4.56. The van der Waals surface area contributed by atoms with Gasteiger partial charge in [0.25, 0.3) is 0 Å². The zero-order valence-corrected chi connectivity index (χ0v) is 14.3. The summed E-state index contributed by atoms with van der Waals surface area (Å²) in [6.45, 7) is 5.37. The van der Waals surface area contributed by atoms with Crippen molar-refractivity contribution in [2.75, 3.05) is 0 Å². The number of aromatic nitrogens is 4. The van der Waals surface area contributed by atoms with E-state index in [4.69, 9.17) is 16.6 Å². The van der Waals surface area contributed by atoms with Gasteiger partial charge in [-0.15, -0.1) is 11.6 Å². The number of hydrogen-bond acceptors (Lipinski definition) is 2. The van der Waals surface area contributed by atoms with Gasteiger partial charge in [-0.05, 0) is 12.8 Å². The molecule has 0 aliphatic rings. The van der Waals surface area contributed by atoms with Gasteiger partial charge in [0.2, 0.25) is 0 Å². The molecule has 0 N–H and O–H groups in total. The maximum atomic E-state index is 6.08. The fourth-order valence-corrected chi connectivity index (χ4v) is 3.12. The van der Waals surface area contributed by atoms with E-state index in [-0.39, 0.29) is 0 Å². The molecule has 0 radical (unpaired) electrons. The standard InChI is InChI=1S/C16H27ClN4/c1-4-6-7-8-9-10-11-21-14(12-17)18-15-13(5-2)19-20(3)16(15)21/h4-12H2,1-3H3. The first-order chi connectivity index (χ1) is 10.2. The monoisotopic (exact) mass is 310 g/mol. The third-order valence-electron chi connectivity index (χ3n) is 4.06. The van der Waals surface area contributed by atoms with Crippen LogP contribution < -0.4 is 0 Å². The molecule has 0 aliphatic carbocycles. The molecule has 0 amide bonds. The molecule has 4 nitrogen and oxygen atoms in total. The topological polar surface area (TPSA) is 35.6 Å². The Morgan fingerprint density at radius 3 is 2.43 bits per heavy atom. The molecule has 5 heteroatoms. The van der Waals surface area contributed by atoms with Crippen molar-refractivity contribution in [2.45, 2.75) is 71.2 Å². The molecule has 0 bridgehead atoms. The lowest BCUT2D eigenvalue weighted by Crippen LogP contribution is -2.06. The Morgan fingerprint density at radius 2 is 1.76 bits per heavy atom. The zero-order valence-electron chi connectivity index (χ0n) is 13.5. The minimum absolute atomic E-state index is 0.466. The smallest absolute Gasteiger partial charge is 0.158 e. The van der Waals surface area contributed by atoms with Gasteiger partial charge in [0, 0.05) is 13.6 Å². The van der Waals surface area contributed by atoms with Crippen LogP contribution in [0, 0.1) is 0 Å². The average Bonchev–Trinajstić information content (AvgIpc) is 3.00. The fraction of sp³-hybridized carbons (Fsp3) is 0.750. The van der Waals surface area contributed by atoms with Gasteiger partial charge in [-0.1, -0.05) is 46.0 Å². The molecule has 0 saturated carbocycles. The van der Waals surface area contributed by atoms with Crippen LogP contribution >= 0.6 is 11.6 Å². The molecule has 0 aliphatic heterocycles. The van der Waals surface area contributed by atoms with E-state index in [0.717, 1.165) is 35.6 Å².